The first-order chi connectivity index (χ1) is 10.2. The zero-order chi connectivity index (χ0) is 17.1. The highest BCUT2D eigenvalue weighted by Gasteiger charge is 2.12. The zero-order valence-corrected chi connectivity index (χ0v) is 14.2. The third-order valence-electron chi connectivity index (χ3n) is 3.29. The quantitative estimate of drug-likeness (QED) is 0.457. The molecule has 0 aromatic rings. The zero-order valence-electron chi connectivity index (χ0n) is 14.2. The normalized spacial score (nSPS) is 11.4. The van der Waals surface area contributed by atoms with E-state index in [1.165, 1.54) is 0 Å². The number of rotatable bonds is 13. The summed E-state index contributed by atoms with van der Waals surface area (Å²) in [5, 5.41) is 0. The van der Waals surface area contributed by atoms with Crippen molar-refractivity contribution < 1.29 is 9.59 Å². The van der Waals surface area contributed by atoms with Crippen molar-refractivity contribution in [3.63, 3.8) is 0 Å². The van der Waals surface area contributed by atoms with Crippen LogP contribution in [0.2, 0.25) is 0 Å². The monoisotopic (exact) mass is 313 g/mol. The highest BCUT2D eigenvalue weighted by Crippen LogP contribution is 1.96. The number of carbonyl (C=O) groups is 2. The number of carbonyl (C=O) groups excluding carboxylic acids is 2. The van der Waals surface area contributed by atoms with Crippen LogP contribution >= 0.6 is 0 Å². The van der Waals surface area contributed by atoms with Crippen LogP contribution in [0.4, 0.5) is 0 Å². The highest BCUT2D eigenvalue weighted by molar-refractivity contribution is 5.80. The second-order valence-electron chi connectivity index (χ2n) is 5.77. The molecular formula is C15H31N5O2. The van der Waals surface area contributed by atoms with E-state index in [1.54, 1.807) is 0 Å². The molecule has 0 radical (unpaired) electrons. The summed E-state index contributed by atoms with van der Waals surface area (Å²) in [7, 11) is 3.81. The van der Waals surface area contributed by atoms with Crippen LogP contribution < -0.4 is 11.5 Å². The highest BCUT2D eigenvalue weighted by atomic mass is 16.1. The second-order valence-corrected chi connectivity index (χ2v) is 5.77. The molecule has 0 aliphatic rings. The molecule has 0 aromatic heterocycles. The van der Waals surface area contributed by atoms with Gasteiger partial charge in [0.25, 0.3) is 0 Å². The lowest BCUT2D eigenvalue weighted by Crippen LogP contribution is -2.42. The van der Waals surface area contributed by atoms with Gasteiger partial charge < -0.3 is 11.5 Å². The Bertz CT molecular complexity index is 347. The van der Waals surface area contributed by atoms with Crippen LogP contribution in [0.25, 0.3) is 0 Å². The van der Waals surface area contributed by atoms with Gasteiger partial charge in [0.1, 0.15) is 5.78 Å². The van der Waals surface area contributed by atoms with Crippen molar-refractivity contribution in [1.29, 1.82) is 0 Å². The van der Waals surface area contributed by atoms with Gasteiger partial charge in [-0.15, -0.1) is 0 Å². The molecule has 4 N–H and O–H groups in total. The van der Waals surface area contributed by atoms with Crippen LogP contribution in [-0.4, -0.2) is 86.3 Å². The third-order valence-corrected chi connectivity index (χ3v) is 3.29. The van der Waals surface area contributed by atoms with Gasteiger partial charge in [0, 0.05) is 44.8 Å². The molecule has 0 bridgehead atoms. The third kappa shape index (κ3) is 11.2. The number of Topliss-reactive ketones (excluding diaryl/α,β-unsaturated/α-hetero) is 1. The smallest absolute Gasteiger partial charge is 0.231 e. The molecule has 1 amide bonds. The Hall–Kier alpha value is -1.44. The first-order valence-corrected chi connectivity index (χ1v) is 7.57. The summed E-state index contributed by atoms with van der Waals surface area (Å²) in [5.41, 5.74) is 11.4. The maximum atomic E-state index is 11.7. The van der Waals surface area contributed by atoms with Crippen LogP contribution in [0, 0.1) is 0 Å². The Morgan fingerprint density at radius 3 is 1.82 bits per heavy atom. The van der Waals surface area contributed by atoms with Crippen LogP contribution in [0.1, 0.15) is 13.3 Å². The summed E-state index contributed by atoms with van der Waals surface area (Å²) in [4.78, 5) is 28.6. The number of hydrogen-bond donors (Lipinski definition) is 2. The van der Waals surface area contributed by atoms with E-state index >= 15 is 0 Å². The van der Waals surface area contributed by atoms with E-state index < -0.39 is 0 Å². The summed E-state index contributed by atoms with van der Waals surface area (Å²) in [5.74, 6) is -0.136. The molecule has 0 fully saturated rings. The first kappa shape index (κ1) is 20.6. The maximum Gasteiger partial charge on any atom is 0.231 e. The van der Waals surface area contributed by atoms with E-state index in [1.807, 2.05) is 25.9 Å². The number of hydrogen-bond acceptors (Lipinski definition) is 6. The van der Waals surface area contributed by atoms with Crippen molar-refractivity contribution in [1.82, 2.24) is 14.7 Å². The van der Waals surface area contributed by atoms with Crippen LogP contribution in [0.5, 0.6) is 0 Å². The molecule has 7 nitrogen and oxygen atoms in total. The standard InChI is InChI=1S/C15H31N5O2/c1-5-14(21)11-20(8-6-18(3)10-13(2)16)9-7-19(4)12-15(17)22/h2,5-12,16H2,1,3-4H3,(H2,17,22). The van der Waals surface area contributed by atoms with Crippen molar-refractivity contribution >= 4 is 11.7 Å². The number of nitrogens with two attached hydrogens (primary N) is 2. The Kier molecular flexibility index (Phi) is 10.4. The molecule has 0 aromatic carbocycles. The van der Waals surface area contributed by atoms with Gasteiger partial charge in [-0.2, -0.15) is 0 Å². The fraction of sp³-hybridized carbons (Fsp3) is 0.733. The fourth-order valence-electron chi connectivity index (χ4n) is 2.03. The molecule has 128 valence electrons. The minimum absolute atomic E-state index is 0.212. The SMILES string of the molecule is C=C(N)CN(C)CCN(CCN(C)CC(N)=O)CC(=O)CC. The summed E-state index contributed by atoms with van der Waals surface area (Å²) in [6.45, 7) is 9.81. The summed E-state index contributed by atoms with van der Waals surface area (Å²) < 4.78 is 0. The molecule has 0 saturated heterocycles. The summed E-state index contributed by atoms with van der Waals surface area (Å²) in [6, 6.07) is 0. The number of nitrogens with zero attached hydrogens (tertiary/aromatic N) is 3. The lowest BCUT2D eigenvalue weighted by Gasteiger charge is -2.26. The molecule has 7 heteroatoms. The molecule has 0 aliphatic carbocycles. The van der Waals surface area contributed by atoms with Gasteiger partial charge in [-0.25, -0.2) is 0 Å². The van der Waals surface area contributed by atoms with Gasteiger partial charge in [-0.3, -0.25) is 24.3 Å². The average molecular weight is 313 g/mol. The molecule has 0 rings (SSSR count). The predicted molar refractivity (Wildman–Crippen MR) is 89.3 cm³/mol. The maximum absolute atomic E-state index is 11.7. The number of primary amides is 1. The predicted octanol–water partition coefficient (Wildman–Crippen LogP) is -0.911. The van der Waals surface area contributed by atoms with Crippen LogP contribution in [0.15, 0.2) is 12.3 Å². The van der Waals surface area contributed by atoms with Gasteiger partial charge >= 0.3 is 0 Å². The van der Waals surface area contributed by atoms with Gasteiger partial charge in [0.05, 0.1) is 13.1 Å². The van der Waals surface area contributed by atoms with E-state index in [9.17, 15) is 9.59 Å². The lowest BCUT2D eigenvalue weighted by molar-refractivity contribution is -0.121. The van der Waals surface area contributed by atoms with E-state index in [-0.39, 0.29) is 18.2 Å². The van der Waals surface area contributed by atoms with E-state index in [0.29, 0.717) is 38.3 Å². The van der Waals surface area contributed by atoms with Crippen LogP contribution in [-0.2, 0) is 9.59 Å². The average Bonchev–Trinajstić information content (AvgIpc) is 2.39. The topological polar surface area (TPSA) is 95.9 Å². The van der Waals surface area contributed by atoms with Crippen molar-refractivity contribution in [3.8, 4) is 0 Å². The number of likely N-dealkylation sites (N-methyl/N-ethyl adjacent to an activating group) is 2. The Morgan fingerprint density at radius 1 is 0.909 bits per heavy atom. The minimum atomic E-state index is -0.347. The molecule has 0 saturated carbocycles. The molecule has 0 aliphatic heterocycles. The van der Waals surface area contributed by atoms with Gasteiger partial charge in [0.2, 0.25) is 5.91 Å². The van der Waals surface area contributed by atoms with Crippen molar-refractivity contribution in [3.05, 3.63) is 12.3 Å². The molecular weight excluding hydrogens is 282 g/mol. The first-order valence-electron chi connectivity index (χ1n) is 7.57. The van der Waals surface area contributed by atoms with Crippen molar-refractivity contribution in [2.75, 3.05) is 59.9 Å². The summed E-state index contributed by atoms with van der Waals surface area (Å²) in [6.07, 6.45) is 0.531. The lowest BCUT2D eigenvalue weighted by atomic mass is 10.2. The van der Waals surface area contributed by atoms with Crippen molar-refractivity contribution in [2.24, 2.45) is 11.5 Å². The molecule has 0 spiro atoms. The Balaban J connectivity index is 4.33. The van der Waals surface area contributed by atoms with E-state index in [0.717, 1.165) is 13.1 Å². The number of amides is 1. The second kappa shape index (κ2) is 11.2. The van der Waals surface area contributed by atoms with Gasteiger partial charge in [-0.1, -0.05) is 13.5 Å². The number of ketones is 1. The van der Waals surface area contributed by atoms with E-state index in [4.69, 9.17) is 11.5 Å². The molecule has 0 heterocycles. The minimum Gasteiger partial charge on any atom is -0.401 e. The fourth-order valence-corrected chi connectivity index (χ4v) is 2.03. The van der Waals surface area contributed by atoms with Crippen LogP contribution in [0.3, 0.4) is 0 Å². The molecule has 22 heavy (non-hydrogen) atoms. The Labute approximate surface area is 133 Å². The van der Waals surface area contributed by atoms with Gasteiger partial charge in [0.15, 0.2) is 0 Å². The molecule has 0 unspecified atom stereocenters. The summed E-state index contributed by atoms with van der Waals surface area (Å²) >= 11 is 0. The molecule has 0 atom stereocenters. The largest absolute Gasteiger partial charge is 0.401 e. The Morgan fingerprint density at radius 2 is 1.41 bits per heavy atom. The van der Waals surface area contributed by atoms with Gasteiger partial charge in [-0.05, 0) is 14.1 Å². The van der Waals surface area contributed by atoms with E-state index in [2.05, 4.69) is 16.4 Å². The van der Waals surface area contributed by atoms with Crippen molar-refractivity contribution in [2.45, 2.75) is 13.3 Å².